The summed E-state index contributed by atoms with van der Waals surface area (Å²) in [6.45, 7) is 2.93. The number of ether oxygens (including phenoxy) is 1. The van der Waals surface area contributed by atoms with Crippen LogP contribution < -0.4 is 5.32 Å². The van der Waals surface area contributed by atoms with Crippen LogP contribution in [0.15, 0.2) is 12.0 Å². The van der Waals surface area contributed by atoms with Gasteiger partial charge in [-0.1, -0.05) is 76.9 Å². The minimum atomic E-state index is -0.0527. The molecule has 1 saturated heterocycles. The van der Waals surface area contributed by atoms with Gasteiger partial charge in [0.05, 0.1) is 6.61 Å². The van der Waals surface area contributed by atoms with Crippen molar-refractivity contribution in [2.75, 3.05) is 6.61 Å². The molecule has 1 rings (SSSR count). The van der Waals surface area contributed by atoms with Crippen LogP contribution in [0.25, 0.3) is 0 Å². The first-order chi connectivity index (χ1) is 10.2. The zero-order valence-corrected chi connectivity index (χ0v) is 14.6. The summed E-state index contributed by atoms with van der Waals surface area (Å²) >= 11 is 5.95. The smallest absolute Gasteiger partial charge is 0.245 e. The molecule has 1 aliphatic rings. The van der Waals surface area contributed by atoms with Crippen molar-refractivity contribution in [2.45, 2.75) is 71.1 Å². The summed E-state index contributed by atoms with van der Waals surface area (Å²) in [7, 11) is 0. The third-order valence-corrected chi connectivity index (χ3v) is 4.50. The standard InChI is InChI=1S/C16H27NO2S2/c1-2-3-4-5-6-7-8-9-10-11-12-19-13-14-15(18)21-16(20)17-14/h13H,2-12H2,1H3,(H,17,20). The normalized spacial score (nSPS) is 16.5. The number of carbonyl (C=O) groups is 1. The van der Waals surface area contributed by atoms with Gasteiger partial charge in [0.15, 0.2) is 0 Å². The lowest BCUT2D eigenvalue weighted by atomic mass is 10.1. The van der Waals surface area contributed by atoms with Gasteiger partial charge in [-0.25, -0.2) is 0 Å². The van der Waals surface area contributed by atoms with E-state index in [1.54, 1.807) is 0 Å². The molecular weight excluding hydrogens is 302 g/mol. The van der Waals surface area contributed by atoms with Gasteiger partial charge in [-0.15, -0.1) is 0 Å². The quantitative estimate of drug-likeness (QED) is 0.238. The summed E-state index contributed by atoms with van der Waals surface area (Å²) < 4.78 is 5.90. The topological polar surface area (TPSA) is 38.3 Å². The Hall–Kier alpha value is -0.550. The van der Waals surface area contributed by atoms with E-state index in [1.165, 1.54) is 64.0 Å². The molecule has 1 heterocycles. The van der Waals surface area contributed by atoms with Gasteiger partial charge in [-0.2, -0.15) is 0 Å². The predicted octanol–water partition coefficient (Wildman–Crippen LogP) is 4.91. The van der Waals surface area contributed by atoms with Gasteiger partial charge < -0.3 is 10.1 Å². The molecule has 120 valence electrons. The molecule has 1 N–H and O–H groups in total. The molecule has 1 aliphatic heterocycles. The van der Waals surface area contributed by atoms with E-state index in [1.807, 2.05) is 0 Å². The van der Waals surface area contributed by atoms with E-state index in [-0.39, 0.29) is 5.12 Å². The van der Waals surface area contributed by atoms with Crippen molar-refractivity contribution < 1.29 is 9.53 Å². The molecule has 0 aliphatic carbocycles. The monoisotopic (exact) mass is 329 g/mol. The number of carbonyl (C=O) groups excluding carboxylic acids is 1. The van der Waals surface area contributed by atoms with Gasteiger partial charge in [-0.3, -0.25) is 4.79 Å². The molecular formula is C16H27NO2S2. The number of hydrogen-bond donors (Lipinski definition) is 1. The molecule has 0 aromatic heterocycles. The number of unbranched alkanes of at least 4 members (excludes halogenated alkanes) is 9. The van der Waals surface area contributed by atoms with Crippen LogP contribution >= 0.6 is 24.0 Å². The van der Waals surface area contributed by atoms with Gasteiger partial charge in [0.25, 0.3) is 0 Å². The van der Waals surface area contributed by atoms with Crippen LogP contribution in [0, 0.1) is 0 Å². The average molecular weight is 330 g/mol. The number of rotatable bonds is 12. The fraction of sp³-hybridized carbons (Fsp3) is 0.750. The minimum absolute atomic E-state index is 0.0527. The Labute approximate surface area is 138 Å². The van der Waals surface area contributed by atoms with Crippen LogP contribution in [0.1, 0.15) is 71.1 Å². The summed E-state index contributed by atoms with van der Waals surface area (Å²) in [6, 6.07) is 0. The first-order valence-electron chi connectivity index (χ1n) is 8.09. The first kappa shape index (κ1) is 18.5. The first-order valence-corrected chi connectivity index (χ1v) is 9.31. The molecule has 0 bridgehead atoms. The molecule has 5 heteroatoms. The Morgan fingerprint density at radius 1 is 1.05 bits per heavy atom. The SMILES string of the molecule is CCCCCCCCCCCCOC=C1NC(=S)SC1=O. The molecule has 0 saturated carbocycles. The molecule has 0 atom stereocenters. The summed E-state index contributed by atoms with van der Waals surface area (Å²) in [5.74, 6) is 0. The Morgan fingerprint density at radius 2 is 1.62 bits per heavy atom. The van der Waals surface area contributed by atoms with Crippen molar-refractivity contribution in [1.29, 1.82) is 0 Å². The number of thioether (sulfide) groups is 1. The fourth-order valence-corrected chi connectivity index (χ4v) is 3.09. The molecule has 0 spiro atoms. The van der Waals surface area contributed by atoms with Crippen molar-refractivity contribution in [3.05, 3.63) is 12.0 Å². The van der Waals surface area contributed by atoms with E-state index in [4.69, 9.17) is 17.0 Å². The second-order valence-corrected chi connectivity index (χ2v) is 7.04. The molecule has 1 fully saturated rings. The van der Waals surface area contributed by atoms with Crippen LogP contribution in [0.3, 0.4) is 0 Å². The average Bonchev–Trinajstić information content (AvgIpc) is 2.78. The van der Waals surface area contributed by atoms with Gasteiger partial charge in [0.1, 0.15) is 16.3 Å². The van der Waals surface area contributed by atoms with E-state index in [2.05, 4.69) is 12.2 Å². The summed E-state index contributed by atoms with van der Waals surface area (Å²) in [6.07, 6.45) is 14.6. The molecule has 3 nitrogen and oxygen atoms in total. The van der Waals surface area contributed by atoms with E-state index < -0.39 is 0 Å². The second kappa shape index (κ2) is 12.0. The lowest BCUT2D eigenvalue weighted by Gasteiger charge is -2.03. The van der Waals surface area contributed by atoms with Gasteiger partial charge in [0, 0.05) is 0 Å². The van der Waals surface area contributed by atoms with Crippen LogP contribution in [-0.4, -0.2) is 16.0 Å². The summed E-state index contributed by atoms with van der Waals surface area (Å²) in [5.41, 5.74) is 0.470. The van der Waals surface area contributed by atoms with Gasteiger partial charge in [0.2, 0.25) is 5.12 Å². The van der Waals surface area contributed by atoms with E-state index >= 15 is 0 Å². The predicted molar refractivity (Wildman–Crippen MR) is 94.2 cm³/mol. The van der Waals surface area contributed by atoms with E-state index in [9.17, 15) is 4.79 Å². The van der Waals surface area contributed by atoms with E-state index in [0.717, 1.165) is 18.2 Å². The summed E-state index contributed by atoms with van der Waals surface area (Å²) in [5, 5.41) is 2.77. The molecule has 0 aromatic rings. The van der Waals surface area contributed by atoms with E-state index in [0.29, 0.717) is 16.6 Å². The number of thiocarbonyl (C=S) groups is 1. The van der Waals surface area contributed by atoms with Crippen molar-refractivity contribution in [1.82, 2.24) is 5.32 Å². The Balaban J connectivity index is 1.86. The molecule has 21 heavy (non-hydrogen) atoms. The lowest BCUT2D eigenvalue weighted by molar-refractivity contribution is -0.107. The Morgan fingerprint density at radius 3 is 2.14 bits per heavy atom. The fourth-order valence-electron chi connectivity index (χ4n) is 2.22. The van der Waals surface area contributed by atoms with Crippen molar-refractivity contribution in [3.63, 3.8) is 0 Å². The molecule has 0 radical (unpaired) electrons. The highest BCUT2D eigenvalue weighted by atomic mass is 32.2. The van der Waals surface area contributed by atoms with Crippen LogP contribution in [0.2, 0.25) is 0 Å². The zero-order chi connectivity index (χ0) is 15.3. The van der Waals surface area contributed by atoms with Gasteiger partial charge >= 0.3 is 0 Å². The Kier molecular flexibility index (Phi) is 10.6. The highest BCUT2D eigenvalue weighted by Gasteiger charge is 2.22. The maximum atomic E-state index is 11.4. The highest BCUT2D eigenvalue weighted by Crippen LogP contribution is 2.18. The van der Waals surface area contributed by atoms with Crippen molar-refractivity contribution in [3.8, 4) is 0 Å². The van der Waals surface area contributed by atoms with Crippen molar-refractivity contribution in [2.24, 2.45) is 0 Å². The Bertz CT molecular complexity index is 356. The molecule has 0 unspecified atom stereocenters. The third-order valence-electron chi connectivity index (χ3n) is 3.46. The summed E-state index contributed by atoms with van der Waals surface area (Å²) in [4.78, 5) is 11.4. The number of nitrogens with one attached hydrogen (secondary N) is 1. The number of hydrogen-bond acceptors (Lipinski definition) is 4. The minimum Gasteiger partial charge on any atom is -0.499 e. The maximum absolute atomic E-state index is 11.4. The third kappa shape index (κ3) is 9.14. The van der Waals surface area contributed by atoms with Crippen LogP contribution in [0.5, 0.6) is 0 Å². The van der Waals surface area contributed by atoms with Crippen molar-refractivity contribution >= 4 is 33.4 Å². The zero-order valence-electron chi connectivity index (χ0n) is 13.0. The molecule has 0 amide bonds. The molecule has 0 aromatic carbocycles. The van der Waals surface area contributed by atoms with Crippen LogP contribution in [0.4, 0.5) is 0 Å². The largest absolute Gasteiger partial charge is 0.499 e. The van der Waals surface area contributed by atoms with Gasteiger partial charge in [-0.05, 0) is 18.2 Å². The second-order valence-electron chi connectivity index (χ2n) is 5.39. The highest BCUT2D eigenvalue weighted by molar-refractivity contribution is 8.33. The maximum Gasteiger partial charge on any atom is 0.245 e. The van der Waals surface area contributed by atoms with Crippen LogP contribution in [-0.2, 0) is 9.53 Å². The lowest BCUT2D eigenvalue weighted by Crippen LogP contribution is -2.11.